The number of thiazole rings is 1. The molecule has 2 aromatic heterocycles. The summed E-state index contributed by atoms with van der Waals surface area (Å²) in [5.74, 6) is 0.747. The Kier molecular flexibility index (Phi) is 5.31. The summed E-state index contributed by atoms with van der Waals surface area (Å²) in [6.45, 7) is 0.237. The van der Waals surface area contributed by atoms with Crippen LogP contribution < -0.4 is 24.5 Å². The lowest BCUT2D eigenvalue weighted by molar-refractivity contribution is -0.113. The second-order valence-electron chi connectivity index (χ2n) is 8.78. The zero-order valence-corrected chi connectivity index (χ0v) is 21.8. The van der Waals surface area contributed by atoms with Gasteiger partial charge >= 0.3 is 0 Å². The van der Waals surface area contributed by atoms with Crippen LogP contribution in [0.4, 0.5) is 10.1 Å². The van der Waals surface area contributed by atoms with Crippen molar-refractivity contribution in [3.8, 4) is 11.5 Å². The molecule has 11 heteroatoms. The van der Waals surface area contributed by atoms with Crippen molar-refractivity contribution in [2.45, 2.75) is 12.6 Å². The molecule has 38 heavy (non-hydrogen) atoms. The number of hydrogen-bond acceptors (Lipinski definition) is 7. The van der Waals surface area contributed by atoms with E-state index in [4.69, 9.17) is 9.47 Å². The first-order chi connectivity index (χ1) is 18.5. The lowest BCUT2D eigenvalue weighted by atomic mass is 10.1. The Bertz CT molecular complexity index is 1890. The number of nitrogens with zero attached hydrogens (tertiary/aromatic N) is 4. The summed E-state index contributed by atoms with van der Waals surface area (Å²) in [5.41, 5.74) is 1.35. The van der Waals surface area contributed by atoms with E-state index >= 15 is 0 Å². The van der Waals surface area contributed by atoms with Gasteiger partial charge in [0.15, 0.2) is 23.4 Å². The van der Waals surface area contributed by atoms with Crippen molar-refractivity contribution in [1.29, 1.82) is 0 Å². The molecule has 1 atom stereocenters. The smallest absolute Gasteiger partial charge is 0.291 e. The highest BCUT2D eigenvalue weighted by Crippen LogP contribution is 2.39. The SMILES string of the molecule is O=C1C(=c2sc3nc(C4COc5ccccc5O4)nn3c2=O)c2cc(Br)ccc2N1Cc1ccccc1F. The topological polar surface area (TPSA) is 86.0 Å². The molecule has 0 N–H and O–H groups in total. The molecule has 2 aliphatic rings. The number of carbonyl (C=O) groups excluding carboxylic acids is 1. The van der Waals surface area contributed by atoms with Gasteiger partial charge in [-0.15, -0.1) is 5.10 Å². The summed E-state index contributed by atoms with van der Waals surface area (Å²) >= 11 is 4.54. The molecule has 1 unspecified atom stereocenters. The predicted octanol–water partition coefficient (Wildman–Crippen LogP) is 4.03. The van der Waals surface area contributed by atoms with Crippen LogP contribution in [0, 0.1) is 5.82 Å². The van der Waals surface area contributed by atoms with Gasteiger partial charge in [-0.2, -0.15) is 9.50 Å². The minimum atomic E-state index is -0.575. The highest BCUT2D eigenvalue weighted by atomic mass is 79.9. The minimum absolute atomic E-state index is 0.0310. The van der Waals surface area contributed by atoms with E-state index in [0.29, 0.717) is 39.1 Å². The number of halogens is 2. The molecular weight excluding hydrogens is 575 g/mol. The molecule has 0 aliphatic carbocycles. The van der Waals surface area contributed by atoms with E-state index in [9.17, 15) is 14.0 Å². The molecule has 0 radical (unpaired) electrons. The highest BCUT2D eigenvalue weighted by Gasteiger charge is 2.35. The van der Waals surface area contributed by atoms with Crippen molar-refractivity contribution >= 4 is 49.4 Å². The summed E-state index contributed by atoms with van der Waals surface area (Å²) in [5, 5.41) is 4.40. The number of rotatable bonds is 3. The Morgan fingerprint density at radius 3 is 2.66 bits per heavy atom. The number of ether oxygens (including phenoxy) is 2. The van der Waals surface area contributed by atoms with E-state index in [1.54, 1.807) is 42.5 Å². The lowest BCUT2D eigenvalue weighted by Gasteiger charge is -2.24. The van der Waals surface area contributed by atoms with E-state index in [1.165, 1.54) is 15.5 Å². The van der Waals surface area contributed by atoms with Crippen LogP contribution in [0.1, 0.15) is 23.1 Å². The molecule has 4 heterocycles. The van der Waals surface area contributed by atoms with Gasteiger partial charge in [0.1, 0.15) is 17.0 Å². The second-order valence-corrected chi connectivity index (χ2v) is 10.7. The molecule has 8 nitrogen and oxygen atoms in total. The van der Waals surface area contributed by atoms with Crippen molar-refractivity contribution in [3.63, 3.8) is 0 Å². The summed E-state index contributed by atoms with van der Waals surface area (Å²) in [7, 11) is 0. The van der Waals surface area contributed by atoms with Crippen LogP contribution in [0.5, 0.6) is 11.5 Å². The van der Waals surface area contributed by atoms with Crippen LogP contribution >= 0.6 is 27.3 Å². The molecule has 188 valence electrons. The van der Waals surface area contributed by atoms with Gasteiger partial charge in [-0.05, 0) is 36.4 Å². The molecule has 0 bridgehead atoms. The molecular formula is C27H16BrFN4O4S. The van der Waals surface area contributed by atoms with Gasteiger partial charge in [0.2, 0.25) is 4.96 Å². The van der Waals surface area contributed by atoms with Crippen molar-refractivity contribution in [2.24, 2.45) is 0 Å². The fourth-order valence-corrected chi connectivity index (χ4v) is 6.03. The standard InChI is InChI=1S/C27H16BrFN4O4S/c28-15-9-10-18-16(11-15)22(25(34)32(18)12-14-5-1-2-6-17(14)29)23-26(35)33-27(38-23)30-24(31-33)21-13-36-19-7-3-4-8-20(19)37-21/h1-11,21H,12-13H2. The number of para-hydroxylation sites is 2. The van der Waals surface area contributed by atoms with E-state index in [2.05, 4.69) is 26.0 Å². The molecule has 5 aromatic rings. The van der Waals surface area contributed by atoms with Crippen LogP contribution in [-0.2, 0) is 11.3 Å². The Morgan fingerprint density at radius 1 is 1.05 bits per heavy atom. The Balaban J connectivity index is 1.32. The maximum atomic E-state index is 14.4. The first-order valence-electron chi connectivity index (χ1n) is 11.7. The maximum absolute atomic E-state index is 14.4. The van der Waals surface area contributed by atoms with Gasteiger partial charge in [0.25, 0.3) is 11.5 Å². The van der Waals surface area contributed by atoms with E-state index in [0.717, 1.165) is 15.8 Å². The lowest BCUT2D eigenvalue weighted by Crippen LogP contribution is -2.32. The van der Waals surface area contributed by atoms with Crippen molar-refractivity contribution in [2.75, 3.05) is 11.5 Å². The summed E-state index contributed by atoms with van der Waals surface area (Å²) in [6.07, 6.45) is -0.575. The first kappa shape index (κ1) is 23.1. The average Bonchev–Trinajstić information content (AvgIpc) is 3.55. The molecule has 0 saturated heterocycles. The van der Waals surface area contributed by atoms with Gasteiger partial charge in [0.05, 0.1) is 17.8 Å². The second kappa shape index (κ2) is 8.74. The van der Waals surface area contributed by atoms with Crippen LogP contribution in [0.2, 0.25) is 0 Å². The van der Waals surface area contributed by atoms with Crippen LogP contribution in [-0.4, -0.2) is 27.1 Å². The van der Waals surface area contributed by atoms with Gasteiger partial charge in [0, 0.05) is 15.6 Å². The summed E-state index contributed by atoms with van der Waals surface area (Å²) in [4.78, 5) is 33.6. The van der Waals surface area contributed by atoms with Gasteiger partial charge in [-0.3, -0.25) is 9.59 Å². The van der Waals surface area contributed by atoms with Gasteiger partial charge in [-0.1, -0.05) is 57.6 Å². The zero-order chi connectivity index (χ0) is 26.0. The maximum Gasteiger partial charge on any atom is 0.291 e. The molecule has 0 spiro atoms. The number of anilines is 1. The van der Waals surface area contributed by atoms with E-state index in [-0.39, 0.29) is 29.2 Å². The number of carbonyl (C=O) groups is 1. The molecule has 0 saturated carbocycles. The molecule has 2 aliphatic heterocycles. The number of amides is 1. The highest BCUT2D eigenvalue weighted by molar-refractivity contribution is 9.10. The number of benzene rings is 3. The monoisotopic (exact) mass is 590 g/mol. The van der Waals surface area contributed by atoms with Crippen molar-refractivity contribution in [3.05, 3.63) is 109 Å². The van der Waals surface area contributed by atoms with E-state index in [1.807, 2.05) is 18.2 Å². The zero-order valence-electron chi connectivity index (χ0n) is 19.4. The van der Waals surface area contributed by atoms with Gasteiger partial charge in [-0.25, -0.2) is 4.39 Å². The first-order valence-corrected chi connectivity index (χ1v) is 13.3. The molecule has 1 amide bonds. The molecule has 7 rings (SSSR count). The third kappa shape index (κ3) is 3.61. The number of aromatic nitrogens is 3. The quantitative estimate of drug-likeness (QED) is 0.315. The van der Waals surface area contributed by atoms with E-state index < -0.39 is 17.5 Å². The normalized spacial score (nSPS) is 17.8. The van der Waals surface area contributed by atoms with Gasteiger partial charge < -0.3 is 14.4 Å². The van der Waals surface area contributed by atoms with Crippen LogP contribution in [0.3, 0.4) is 0 Å². The predicted molar refractivity (Wildman–Crippen MR) is 142 cm³/mol. The summed E-state index contributed by atoms with van der Waals surface area (Å²) in [6, 6.07) is 19.0. The fourth-order valence-electron chi connectivity index (χ4n) is 4.66. The Labute approximate surface area is 226 Å². The largest absolute Gasteiger partial charge is 0.485 e. The van der Waals surface area contributed by atoms with Crippen molar-refractivity contribution in [1.82, 2.24) is 14.6 Å². The fraction of sp³-hybridized carbons (Fsp3) is 0.111. The molecule has 0 fully saturated rings. The van der Waals surface area contributed by atoms with Crippen LogP contribution in [0.25, 0.3) is 10.5 Å². The Hall–Kier alpha value is -4.09. The molecule has 3 aromatic carbocycles. The van der Waals surface area contributed by atoms with Crippen LogP contribution in [0.15, 0.2) is 76.0 Å². The van der Waals surface area contributed by atoms with Crippen molar-refractivity contribution < 1.29 is 18.7 Å². The third-order valence-corrected chi connectivity index (χ3v) is 7.98. The summed E-state index contributed by atoms with van der Waals surface area (Å²) < 4.78 is 28.3. The average molecular weight is 591 g/mol. The Morgan fingerprint density at radius 2 is 1.84 bits per heavy atom. The number of fused-ring (bicyclic) bond motifs is 3. The minimum Gasteiger partial charge on any atom is -0.485 e. The third-order valence-electron chi connectivity index (χ3n) is 6.46. The number of hydrogen-bond donors (Lipinski definition) is 0.